The molecule has 0 saturated carbocycles. The van der Waals surface area contributed by atoms with Gasteiger partial charge < -0.3 is 4.90 Å². The zero-order valence-electron chi connectivity index (χ0n) is 11.6. The highest BCUT2D eigenvalue weighted by Crippen LogP contribution is 2.34. The van der Waals surface area contributed by atoms with E-state index in [0.29, 0.717) is 18.0 Å². The van der Waals surface area contributed by atoms with E-state index < -0.39 is 0 Å². The first-order chi connectivity index (χ1) is 7.36. The molecule has 3 heteroatoms. The lowest BCUT2D eigenvalue weighted by Gasteiger charge is -2.44. The Labute approximate surface area is 99.8 Å². The highest BCUT2D eigenvalue weighted by molar-refractivity contribution is 5.88. The van der Waals surface area contributed by atoms with Crippen LogP contribution in [0.1, 0.15) is 47.5 Å². The standard InChI is InChI=1S/C13H26N2O/c1-7-13(8-9-14(6)12(13)16)15(10(2)3)11(4)5/h10-11H,7-9H2,1-6H3. The maximum atomic E-state index is 12.4. The first-order valence-electron chi connectivity index (χ1n) is 6.40. The first-order valence-corrected chi connectivity index (χ1v) is 6.40. The van der Waals surface area contributed by atoms with Crippen LogP contribution in [0.2, 0.25) is 0 Å². The summed E-state index contributed by atoms with van der Waals surface area (Å²) >= 11 is 0. The fourth-order valence-corrected chi connectivity index (χ4v) is 3.25. The highest BCUT2D eigenvalue weighted by atomic mass is 16.2. The average Bonchev–Trinajstić information content (AvgIpc) is 2.46. The molecule has 1 unspecified atom stereocenters. The summed E-state index contributed by atoms with van der Waals surface area (Å²) in [5.74, 6) is 0.303. The molecule has 1 heterocycles. The minimum Gasteiger partial charge on any atom is -0.344 e. The second kappa shape index (κ2) is 4.74. The molecule has 0 aromatic heterocycles. The second-order valence-corrected chi connectivity index (χ2v) is 5.46. The molecule has 16 heavy (non-hydrogen) atoms. The molecule has 1 aliphatic rings. The number of carbonyl (C=O) groups excluding carboxylic acids is 1. The SMILES string of the molecule is CCC1(N(C(C)C)C(C)C)CCN(C)C1=O. The molecule has 0 radical (unpaired) electrons. The van der Waals surface area contributed by atoms with Crippen molar-refractivity contribution in [3.05, 3.63) is 0 Å². The molecule has 94 valence electrons. The number of likely N-dealkylation sites (tertiary alicyclic amines) is 1. The Morgan fingerprint density at radius 1 is 1.31 bits per heavy atom. The summed E-state index contributed by atoms with van der Waals surface area (Å²) in [5.41, 5.74) is -0.253. The molecule has 0 aromatic rings. The minimum absolute atomic E-state index is 0.253. The summed E-state index contributed by atoms with van der Waals surface area (Å²) in [6.45, 7) is 11.8. The Morgan fingerprint density at radius 3 is 2.06 bits per heavy atom. The maximum absolute atomic E-state index is 12.4. The van der Waals surface area contributed by atoms with E-state index in [-0.39, 0.29) is 5.54 Å². The summed E-state index contributed by atoms with van der Waals surface area (Å²) in [7, 11) is 1.92. The van der Waals surface area contributed by atoms with Crippen LogP contribution in [0.4, 0.5) is 0 Å². The maximum Gasteiger partial charge on any atom is 0.242 e. The largest absolute Gasteiger partial charge is 0.344 e. The Morgan fingerprint density at radius 2 is 1.81 bits per heavy atom. The fourth-order valence-electron chi connectivity index (χ4n) is 3.25. The smallest absolute Gasteiger partial charge is 0.242 e. The molecule has 0 aromatic carbocycles. The third kappa shape index (κ3) is 1.97. The lowest BCUT2D eigenvalue weighted by atomic mass is 9.89. The summed E-state index contributed by atoms with van der Waals surface area (Å²) in [6, 6.07) is 0.825. The van der Waals surface area contributed by atoms with E-state index in [1.54, 1.807) is 0 Å². The summed E-state index contributed by atoms with van der Waals surface area (Å²) in [6.07, 6.45) is 1.88. The van der Waals surface area contributed by atoms with Gasteiger partial charge in [-0.1, -0.05) is 6.92 Å². The van der Waals surface area contributed by atoms with Crippen molar-refractivity contribution >= 4 is 5.91 Å². The van der Waals surface area contributed by atoms with Gasteiger partial charge >= 0.3 is 0 Å². The predicted molar refractivity (Wildman–Crippen MR) is 67.4 cm³/mol. The van der Waals surface area contributed by atoms with E-state index in [1.807, 2.05) is 11.9 Å². The topological polar surface area (TPSA) is 23.6 Å². The van der Waals surface area contributed by atoms with Crippen molar-refractivity contribution in [2.75, 3.05) is 13.6 Å². The van der Waals surface area contributed by atoms with Crippen LogP contribution in [0.3, 0.4) is 0 Å². The third-order valence-electron chi connectivity index (χ3n) is 3.80. The first kappa shape index (κ1) is 13.5. The Bertz CT molecular complexity index is 255. The fraction of sp³-hybridized carbons (Fsp3) is 0.923. The second-order valence-electron chi connectivity index (χ2n) is 5.46. The number of hydrogen-bond donors (Lipinski definition) is 0. The summed E-state index contributed by atoms with van der Waals surface area (Å²) in [5, 5.41) is 0. The molecule has 0 aliphatic carbocycles. The lowest BCUT2D eigenvalue weighted by Crippen LogP contribution is -2.58. The van der Waals surface area contributed by atoms with Crippen molar-refractivity contribution in [2.24, 2.45) is 0 Å². The van der Waals surface area contributed by atoms with Crippen molar-refractivity contribution in [1.82, 2.24) is 9.80 Å². The van der Waals surface area contributed by atoms with Crippen LogP contribution in [0, 0.1) is 0 Å². The minimum atomic E-state index is -0.253. The normalized spacial score (nSPS) is 26.6. The molecule has 0 N–H and O–H groups in total. The van der Waals surface area contributed by atoms with Gasteiger partial charge in [-0.3, -0.25) is 9.69 Å². The van der Waals surface area contributed by atoms with E-state index in [4.69, 9.17) is 0 Å². The van der Waals surface area contributed by atoms with E-state index in [9.17, 15) is 4.79 Å². The molecule has 1 atom stereocenters. The zero-order chi connectivity index (χ0) is 12.5. The van der Waals surface area contributed by atoms with E-state index in [2.05, 4.69) is 39.5 Å². The molecule has 0 spiro atoms. The van der Waals surface area contributed by atoms with Crippen LogP contribution >= 0.6 is 0 Å². The van der Waals surface area contributed by atoms with Gasteiger partial charge in [0, 0.05) is 25.7 Å². The molecule has 3 nitrogen and oxygen atoms in total. The highest BCUT2D eigenvalue weighted by Gasteiger charge is 2.49. The van der Waals surface area contributed by atoms with Gasteiger partial charge in [-0.15, -0.1) is 0 Å². The molecule has 1 aliphatic heterocycles. The zero-order valence-corrected chi connectivity index (χ0v) is 11.6. The number of carbonyl (C=O) groups is 1. The lowest BCUT2D eigenvalue weighted by molar-refractivity contribution is -0.140. The molecule has 1 saturated heterocycles. The Kier molecular flexibility index (Phi) is 4.00. The van der Waals surface area contributed by atoms with Crippen molar-refractivity contribution in [3.8, 4) is 0 Å². The Hall–Kier alpha value is -0.570. The number of rotatable bonds is 4. The van der Waals surface area contributed by atoms with Gasteiger partial charge in [-0.2, -0.15) is 0 Å². The number of nitrogens with zero attached hydrogens (tertiary/aromatic N) is 2. The quantitative estimate of drug-likeness (QED) is 0.733. The third-order valence-corrected chi connectivity index (χ3v) is 3.80. The van der Waals surface area contributed by atoms with Gasteiger partial charge in [0.05, 0.1) is 0 Å². The molecule has 1 fully saturated rings. The summed E-state index contributed by atoms with van der Waals surface area (Å²) in [4.78, 5) is 16.7. The average molecular weight is 226 g/mol. The van der Waals surface area contributed by atoms with E-state index >= 15 is 0 Å². The van der Waals surface area contributed by atoms with Crippen LogP contribution < -0.4 is 0 Å². The molecular weight excluding hydrogens is 200 g/mol. The van der Waals surface area contributed by atoms with Gasteiger partial charge in [0.25, 0.3) is 0 Å². The van der Waals surface area contributed by atoms with Gasteiger partial charge in [-0.05, 0) is 40.5 Å². The van der Waals surface area contributed by atoms with Crippen LogP contribution in [-0.4, -0.2) is 46.9 Å². The van der Waals surface area contributed by atoms with Crippen molar-refractivity contribution < 1.29 is 4.79 Å². The Balaban J connectivity index is 3.07. The van der Waals surface area contributed by atoms with Gasteiger partial charge in [0.15, 0.2) is 0 Å². The van der Waals surface area contributed by atoms with Crippen molar-refractivity contribution in [3.63, 3.8) is 0 Å². The molecular formula is C13H26N2O. The van der Waals surface area contributed by atoms with Gasteiger partial charge in [0.2, 0.25) is 5.91 Å². The van der Waals surface area contributed by atoms with Crippen LogP contribution in [0.5, 0.6) is 0 Å². The van der Waals surface area contributed by atoms with Gasteiger partial charge in [-0.25, -0.2) is 0 Å². The monoisotopic (exact) mass is 226 g/mol. The van der Waals surface area contributed by atoms with E-state index in [0.717, 1.165) is 19.4 Å². The number of likely N-dealkylation sites (N-methyl/N-ethyl adjacent to an activating group) is 1. The van der Waals surface area contributed by atoms with Crippen LogP contribution in [0.25, 0.3) is 0 Å². The molecule has 0 bridgehead atoms. The molecule has 1 amide bonds. The van der Waals surface area contributed by atoms with Crippen molar-refractivity contribution in [1.29, 1.82) is 0 Å². The van der Waals surface area contributed by atoms with Gasteiger partial charge in [0.1, 0.15) is 5.54 Å². The van der Waals surface area contributed by atoms with Crippen molar-refractivity contribution in [2.45, 2.75) is 65.1 Å². The number of hydrogen-bond acceptors (Lipinski definition) is 2. The molecule has 1 rings (SSSR count). The van der Waals surface area contributed by atoms with Crippen LogP contribution in [0.15, 0.2) is 0 Å². The number of amides is 1. The van der Waals surface area contributed by atoms with E-state index in [1.165, 1.54) is 0 Å². The summed E-state index contributed by atoms with van der Waals surface area (Å²) < 4.78 is 0. The predicted octanol–water partition coefficient (Wildman–Crippen LogP) is 2.12. The van der Waals surface area contributed by atoms with Crippen LogP contribution in [-0.2, 0) is 4.79 Å².